The molecule has 2 aromatic rings. The average Bonchev–Trinajstić information content (AvgIpc) is 2.88. The number of nitro benzene ring substituents is 1. The normalized spacial score (nSPS) is 11.4. The van der Waals surface area contributed by atoms with Gasteiger partial charge in [0.2, 0.25) is 10.0 Å². The molecular formula is C13H17N5O4S. The van der Waals surface area contributed by atoms with Gasteiger partial charge < -0.3 is 5.32 Å². The van der Waals surface area contributed by atoms with E-state index in [2.05, 4.69) is 15.5 Å². The summed E-state index contributed by atoms with van der Waals surface area (Å²) in [5.41, 5.74) is 2.00. The molecule has 9 nitrogen and oxygen atoms in total. The summed E-state index contributed by atoms with van der Waals surface area (Å²) < 4.78 is 23.2. The van der Waals surface area contributed by atoms with E-state index in [0.717, 1.165) is 30.2 Å². The van der Waals surface area contributed by atoms with Crippen LogP contribution in [0.25, 0.3) is 0 Å². The number of benzene rings is 1. The standard InChI is InChI=1S/C13H17N5O4S/c1-9-10(8-16-17-9)3-2-6-15-12-5-4-11(18(19)20)7-13(12)23(14,21)22/h4-5,7-8,15H,2-3,6H2,1H3,(H,16,17)(H2,14,21,22). The highest BCUT2D eigenvalue weighted by Crippen LogP contribution is 2.25. The summed E-state index contributed by atoms with van der Waals surface area (Å²) in [6.07, 6.45) is 3.26. The predicted octanol–water partition coefficient (Wildman–Crippen LogP) is 1.32. The lowest BCUT2D eigenvalue weighted by molar-refractivity contribution is -0.385. The second kappa shape index (κ2) is 6.75. The van der Waals surface area contributed by atoms with Crippen LogP contribution in [-0.2, 0) is 16.4 Å². The lowest BCUT2D eigenvalue weighted by atomic mass is 10.1. The highest BCUT2D eigenvalue weighted by molar-refractivity contribution is 7.89. The third-order valence-corrected chi connectivity index (χ3v) is 4.31. The smallest absolute Gasteiger partial charge is 0.270 e. The van der Waals surface area contributed by atoms with Gasteiger partial charge in [0.1, 0.15) is 4.90 Å². The lowest BCUT2D eigenvalue weighted by Crippen LogP contribution is -2.16. The van der Waals surface area contributed by atoms with Crippen LogP contribution in [-0.4, -0.2) is 30.1 Å². The first-order valence-electron chi connectivity index (χ1n) is 6.83. The average molecular weight is 339 g/mol. The molecule has 0 amide bonds. The zero-order valence-corrected chi connectivity index (χ0v) is 13.3. The highest BCUT2D eigenvalue weighted by atomic mass is 32.2. The van der Waals surface area contributed by atoms with Crippen LogP contribution in [0.3, 0.4) is 0 Å². The molecule has 10 heteroatoms. The quantitative estimate of drug-likeness (QED) is 0.394. The Morgan fingerprint density at radius 2 is 2.17 bits per heavy atom. The van der Waals surface area contributed by atoms with Crippen LogP contribution >= 0.6 is 0 Å². The molecule has 0 aliphatic carbocycles. The van der Waals surface area contributed by atoms with Gasteiger partial charge in [0, 0.05) is 24.4 Å². The number of H-pyrrole nitrogens is 1. The third kappa shape index (κ3) is 4.27. The number of aromatic nitrogens is 2. The van der Waals surface area contributed by atoms with Crippen LogP contribution in [0.15, 0.2) is 29.3 Å². The largest absolute Gasteiger partial charge is 0.384 e. The maximum atomic E-state index is 11.6. The van der Waals surface area contributed by atoms with Crippen molar-refractivity contribution in [3.8, 4) is 0 Å². The highest BCUT2D eigenvalue weighted by Gasteiger charge is 2.18. The van der Waals surface area contributed by atoms with Crippen LogP contribution in [0, 0.1) is 17.0 Å². The molecule has 0 spiro atoms. The second-order valence-corrected chi connectivity index (χ2v) is 6.56. The minimum absolute atomic E-state index is 0.252. The van der Waals surface area contributed by atoms with E-state index in [1.54, 1.807) is 6.20 Å². The zero-order valence-electron chi connectivity index (χ0n) is 12.4. The van der Waals surface area contributed by atoms with Crippen molar-refractivity contribution in [2.24, 2.45) is 5.14 Å². The van der Waals surface area contributed by atoms with Gasteiger partial charge in [-0.1, -0.05) is 0 Å². The van der Waals surface area contributed by atoms with E-state index in [1.807, 2.05) is 6.92 Å². The fourth-order valence-electron chi connectivity index (χ4n) is 2.14. The summed E-state index contributed by atoms with van der Waals surface area (Å²) in [7, 11) is -4.06. The van der Waals surface area contributed by atoms with Crippen molar-refractivity contribution in [3.63, 3.8) is 0 Å². The van der Waals surface area contributed by atoms with Gasteiger partial charge in [-0.05, 0) is 31.4 Å². The number of nitro groups is 1. The number of hydrogen-bond acceptors (Lipinski definition) is 6. The molecule has 0 atom stereocenters. The van der Waals surface area contributed by atoms with Gasteiger partial charge in [-0.25, -0.2) is 13.6 Å². The van der Waals surface area contributed by atoms with Gasteiger partial charge in [-0.3, -0.25) is 15.2 Å². The molecule has 124 valence electrons. The minimum Gasteiger partial charge on any atom is -0.384 e. The number of primary sulfonamides is 1. The minimum atomic E-state index is -4.06. The molecule has 1 aromatic carbocycles. The number of nitrogens with zero attached hydrogens (tertiary/aromatic N) is 2. The molecule has 2 rings (SSSR count). The van der Waals surface area contributed by atoms with Gasteiger partial charge in [-0.2, -0.15) is 5.10 Å². The van der Waals surface area contributed by atoms with E-state index >= 15 is 0 Å². The van der Waals surface area contributed by atoms with Crippen LogP contribution in [0.2, 0.25) is 0 Å². The Bertz CT molecular complexity index is 816. The van der Waals surface area contributed by atoms with E-state index in [0.29, 0.717) is 6.54 Å². The number of aromatic amines is 1. The van der Waals surface area contributed by atoms with Crippen LogP contribution in [0.1, 0.15) is 17.7 Å². The zero-order chi connectivity index (χ0) is 17.0. The number of nitrogens with two attached hydrogens (primary N) is 1. The number of rotatable bonds is 7. The maximum Gasteiger partial charge on any atom is 0.270 e. The lowest BCUT2D eigenvalue weighted by Gasteiger charge is -2.10. The van der Waals surface area contributed by atoms with E-state index in [9.17, 15) is 18.5 Å². The van der Waals surface area contributed by atoms with Gasteiger partial charge in [0.05, 0.1) is 16.8 Å². The molecule has 0 aliphatic rings. The summed E-state index contributed by atoms with van der Waals surface area (Å²) in [5.74, 6) is 0. The molecule has 0 saturated heterocycles. The first-order valence-corrected chi connectivity index (χ1v) is 8.37. The van der Waals surface area contributed by atoms with Crippen molar-refractivity contribution in [2.75, 3.05) is 11.9 Å². The van der Waals surface area contributed by atoms with E-state index in [1.165, 1.54) is 12.1 Å². The first-order chi connectivity index (χ1) is 10.8. The van der Waals surface area contributed by atoms with Crippen molar-refractivity contribution in [1.29, 1.82) is 0 Å². The van der Waals surface area contributed by atoms with Gasteiger partial charge >= 0.3 is 0 Å². The van der Waals surface area contributed by atoms with Crippen LogP contribution < -0.4 is 10.5 Å². The number of hydrogen-bond donors (Lipinski definition) is 3. The number of nitrogens with one attached hydrogen (secondary N) is 2. The van der Waals surface area contributed by atoms with E-state index < -0.39 is 14.9 Å². The summed E-state index contributed by atoms with van der Waals surface area (Å²) in [6, 6.07) is 3.54. The van der Waals surface area contributed by atoms with E-state index in [4.69, 9.17) is 5.14 Å². The van der Waals surface area contributed by atoms with Crippen molar-refractivity contribution in [3.05, 3.63) is 45.8 Å². The first kappa shape index (κ1) is 16.9. The van der Waals surface area contributed by atoms with Gasteiger partial charge in [0.15, 0.2) is 0 Å². The number of non-ortho nitro benzene ring substituents is 1. The Hall–Kier alpha value is -2.46. The maximum absolute atomic E-state index is 11.6. The topological polar surface area (TPSA) is 144 Å². The second-order valence-electron chi connectivity index (χ2n) is 5.03. The van der Waals surface area contributed by atoms with Gasteiger partial charge in [-0.15, -0.1) is 0 Å². The Balaban J connectivity index is 2.07. The summed E-state index contributed by atoms with van der Waals surface area (Å²) in [4.78, 5) is 9.80. The van der Waals surface area contributed by atoms with Crippen LogP contribution in [0.4, 0.5) is 11.4 Å². The molecule has 4 N–H and O–H groups in total. The fraction of sp³-hybridized carbons (Fsp3) is 0.308. The summed E-state index contributed by atoms with van der Waals surface area (Å²) in [6.45, 7) is 2.41. The molecule has 0 saturated carbocycles. The molecule has 0 fully saturated rings. The van der Waals surface area contributed by atoms with Crippen molar-refractivity contribution < 1.29 is 13.3 Å². The third-order valence-electron chi connectivity index (χ3n) is 3.36. The Morgan fingerprint density at radius 1 is 1.43 bits per heavy atom. The van der Waals surface area contributed by atoms with Crippen molar-refractivity contribution in [2.45, 2.75) is 24.7 Å². The monoisotopic (exact) mass is 339 g/mol. The number of sulfonamides is 1. The fourth-order valence-corrected chi connectivity index (χ4v) is 2.87. The Kier molecular flexibility index (Phi) is 4.96. The number of aryl methyl sites for hydroxylation is 2. The Morgan fingerprint density at radius 3 is 2.74 bits per heavy atom. The molecule has 0 bridgehead atoms. The van der Waals surface area contributed by atoms with Crippen molar-refractivity contribution >= 4 is 21.4 Å². The molecule has 1 heterocycles. The molecule has 1 aromatic heterocycles. The predicted molar refractivity (Wildman–Crippen MR) is 84.6 cm³/mol. The molecular weight excluding hydrogens is 322 g/mol. The summed E-state index contributed by atoms with van der Waals surface area (Å²) in [5, 5.41) is 25.6. The SMILES string of the molecule is Cc1[nH]ncc1CCCNc1ccc([N+](=O)[O-])cc1S(N)(=O)=O. The van der Waals surface area contributed by atoms with Crippen LogP contribution in [0.5, 0.6) is 0 Å². The number of anilines is 1. The molecule has 0 unspecified atom stereocenters. The van der Waals surface area contributed by atoms with Gasteiger partial charge in [0.25, 0.3) is 5.69 Å². The Labute approximate surface area is 133 Å². The molecule has 23 heavy (non-hydrogen) atoms. The molecule has 0 radical (unpaired) electrons. The van der Waals surface area contributed by atoms with E-state index in [-0.39, 0.29) is 16.3 Å². The summed E-state index contributed by atoms with van der Waals surface area (Å²) >= 11 is 0. The molecule has 0 aliphatic heterocycles. The van der Waals surface area contributed by atoms with Crippen molar-refractivity contribution in [1.82, 2.24) is 10.2 Å².